The smallest absolute Gasteiger partial charge is 0.321 e. The van der Waals surface area contributed by atoms with Crippen molar-refractivity contribution < 1.29 is 14.6 Å². The first-order valence-electron chi connectivity index (χ1n) is 9.88. The Morgan fingerprint density at radius 3 is 2.46 bits per heavy atom. The molecule has 5 heteroatoms. The number of benzene rings is 2. The van der Waals surface area contributed by atoms with Gasteiger partial charge < -0.3 is 20.1 Å². The van der Waals surface area contributed by atoms with Gasteiger partial charge in [-0.1, -0.05) is 30.3 Å². The van der Waals surface area contributed by atoms with E-state index in [2.05, 4.69) is 18.3 Å². The highest BCUT2D eigenvalue weighted by atomic mass is 16.5. The Hall–Kier alpha value is -2.53. The number of aliphatic hydroxyl groups is 1. The van der Waals surface area contributed by atoms with Crippen LogP contribution in [0.15, 0.2) is 42.5 Å². The summed E-state index contributed by atoms with van der Waals surface area (Å²) in [6, 6.07) is 13.7. The van der Waals surface area contributed by atoms with Crippen molar-refractivity contribution >= 4 is 11.7 Å². The van der Waals surface area contributed by atoms with E-state index in [0.717, 1.165) is 16.7 Å². The van der Waals surface area contributed by atoms with Gasteiger partial charge in [-0.25, -0.2) is 4.79 Å². The number of rotatable bonds is 3. The van der Waals surface area contributed by atoms with Crippen LogP contribution in [0.4, 0.5) is 10.5 Å². The summed E-state index contributed by atoms with van der Waals surface area (Å²) in [5, 5.41) is 14.3. The molecule has 2 amide bonds. The Bertz CT molecular complexity index is 881. The zero-order valence-corrected chi connectivity index (χ0v) is 16.7. The summed E-state index contributed by atoms with van der Waals surface area (Å²) in [7, 11) is 1.60. The van der Waals surface area contributed by atoms with Crippen LogP contribution in [-0.4, -0.2) is 36.2 Å². The summed E-state index contributed by atoms with van der Waals surface area (Å²) in [5.41, 5.74) is 3.15. The first kappa shape index (κ1) is 18.8. The van der Waals surface area contributed by atoms with Gasteiger partial charge in [0.2, 0.25) is 0 Å². The van der Waals surface area contributed by atoms with E-state index in [0.29, 0.717) is 49.2 Å². The lowest BCUT2D eigenvalue weighted by atomic mass is 9.87. The van der Waals surface area contributed by atoms with Gasteiger partial charge in [0.05, 0.1) is 18.4 Å². The van der Waals surface area contributed by atoms with E-state index in [9.17, 15) is 9.90 Å². The SMILES string of the molecule is COc1ccc(C)cc1NC(=O)N1C[C@@H]2CC(O)(c3ccccc3C)C[C@@H]2C1. The van der Waals surface area contributed by atoms with Gasteiger partial charge >= 0.3 is 6.03 Å². The fraction of sp³-hybridized carbons (Fsp3) is 0.435. The molecular formula is C23H28N2O3. The average Bonchev–Trinajstić information content (AvgIpc) is 3.18. The van der Waals surface area contributed by atoms with E-state index in [-0.39, 0.29) is 6.03 Å². The van der Waals surface area contributed by atoms with Crippen LogP contribution in [-0.2, 0) is 5.60 Å². The second-order valence-corrected chi connectivity index (χ2v) is 8.31. The van der Waals surface area contributed by atoms with Crippen molar-refractivity contribution in [1.29, 1.82) is 0 Å². The Labute approximate surface area is 166 Å². The number of carbonyl (C=O) groups is 1. The van der Waals surface area contributed by atoms with Crippen molar-refractivity contribution in [2.75, 3.05) is 25.5 Å². The second kappa shape index (κ2) is 7.13. The maximum absolute atomic E-state index is 12.8. The summed E-state index contributed by atoms with van der Waals surface area (Å²) < 4.78 is 5.36. The zero-order chi connectivity index (χ0) is 19.9. The molecule has 0 bridgehead atoms. The summed E-state index contributed by atoms with van der Waals surface area (Å²) in [6.45, 7) is 5.40. The van der Waals surface area contributed by atoms with Gasteiger partial charge in [-0.05, 0) is 67.3 Å². The van der Waals surface area contributed by atoms with Crippen LogP contribution in [0.5, 0.6) is 5.75 Å². The zero-order valence-electron chi connectivity index (χ0n) is 16.7. The van der Waals surface area contributed by atoms with Crippen LogP contribution in [0.3, 0.4) is 0 Å². The molecule has 2 N–H and O–H groups in total. The minimum atomic E-state index is -0.775. The lowest BCUT2D eigenvalue weighted by Gasteiger charge is -2.28. The molecule has 2 fully saturated rings. The number of amides is 2. The van der Waals surface area contributed by atoms with Gasteiger partial charge in [0.1, 0.15) is 5.75 Å². The van der Waals surface area contributed by atoms with Crippen LogP contribution in [0, 0.1) is 25.7 Å². The van der Waals surface area contributed by atoms with Crippen LogP contribution in [0.25, 0.3) is 0 Å². The highest BCUT2D eigenvalue weighted by Gasteiger charge is 2.50. The average molecular weight is 380 g/mol. The number of hydrogen-bond donors (Lipinski definition) is 2. The van der Waals surface area contributed by atoms with Crippen LogP contribution >= 0.6 is 0 Å². The number of urea groups is 1. The highest BCUT2D eigenvalue weighted by Crippen LogP contribution is 2.49. The Morgan fingerprint density at radius 1 is 1.14 bits per heavy atom. The number of ether oxygens (including phenoxy) is 1. The van der Waals surface area contributed by atoms with Crippen molar-refractivity contribution in [2.24, 2.45) is 11.8 Å². The number of methoxy groups -OCH3 is 1. The molecule has 1 aliphatic heterocycles. The van der Waals surface area contributed by atoms with Gasteiger partial charge in [0.15, 0.2) is 0 Å². The fourth-order valence-corrected chi connectivity index (χ4v) is 4.95. The number of fused-ring (bicyclic) bond motifs is 1. The largest absolute Gasteiger partial charge is 0.495 e. The Balaban J connectivity index is 1.43. The summed E-state index contributed by atoms with van der Waals surface area (Å²) >= 11 is 0. The highest BCUT2D eigenvalue weighted by molar-refractivity contribution is 5.91. The topological polar surface area (TPSA) is 61.8 Å². The number of aryl methyl sites for hydroxylation is 2. The van der Waals surface area contributed by atoms with Gasteiger partial charge in [0, 0.05) is 13.1 Å². The summed E-state index contributed by atoms with van der Waals surface area (Å²) in [6.07, 6.45) is 1.42. The van der Waals surface area contributed by atoms with Gasteiger partial charge in [0.25, 0.3) is 0 Å². The third-order valence-corrected chi connectivity index (χ3v) is 6.31. The second-order valence-electron chi connectivity index (χ2n) is 8.31. The first-order valence-corrected chi connectivity index (χ1v) is 9.88. The minimum Gasteiger partial charge on any atom is -0.495 e. The molecule has 148 valence electrons. The van der Waals surface area contributed by atoms with E-state index < -0.39 is 5.60 Å². The maximum atomic E-state index is 12.8. The van der Waals surface area contributed by atoms with Gasteiger partial charge in [-0.2, -0.15) is 0 Å². The molecular weight excluding hydrogens is 352 g/mol. The fourth-order valence-electron chi connectivity index (χ4n) is 4.95. The van der Waals surface area contributed by atoms with E-state index >= 15 is 0 Å². The van der Waals surface area contributed by atoms with Crippen LogP contribution in [0.1, 0.15) is 29.5 Å². The Kier molecular flexibility index (Phi) is 4.79. The molecule has 2 aromatic carbocycles. The number of anilines is 1. The number of nitrogens with one attached hydrogen (secondary N) is 1. The molecule has 1 saturated heterocycles. The first-order chi connectivity index (χ1) is 13.4. The van der Waals surface area contributed by atoms with E-state index in [1.807, 2.05) is 48.2 Å². The molecule has 5 nitrogen and oxygen atoms in total. The van der Waals surface area contributed by atoms with Crippen LogP contribution < -0.4 is 10.1 Å². The Morgan fingerprint density at radius 2 is 1.82 bits per heavy atom. The van der Waals surface area contributed by atoms with Gasteiger partial charge in [-0.15, -0.1) is 0 Å². The summed E-state index contributed by atoms with van der Waals surface area (Å²) in [5.74, 6) is 1.32. The number of carbonyl (C=O) groups excluding carboxylic acids is 1. The van der Waals surface area contributed by atoms with Crippen molar-refractivity contribution in [3.05, 3.63) is 59.2 Å². The van der Waals surface area contributed by atoms with E-state index in [1.165, 1.54) is 0 Å². The normalized spacial score (nSPS) is 26.2. The standard InChI is InChI=1S/C23H28N2O3/c1-15-8-9-21(28-3)20(10-15)24-22(26)25-13-17-11-23(27,12-18(17)14-25)19-7-5-4-6-16(19)2/h4-10,17-18,27H,11-14H2,1-3H3,(H,24,26)/t17-,18+,23?. The number of likely N-dealkylation sites (tertiary alicyclic amines) is 1. The third-order valence-electron chi connectivity index (χ3n) is 6.31. The van der Waals surface area contributed by atoms with E-state index in [1.54, 1.807) is 7.11 Å². The molecule has 0 spiro atoms. The summed E-state index contributed by atoms with van der Waals surface area (Å²) in [4.78, 5) is 14.7. The van der Waals surface area contributed by atoms with Crippen molar-refractivity contribution in [3.63, 3.8) is 0 Å². The van der Waals surface area contributed by atoms with E-state index in [4.69, 9.17) is 4.74 Å². The number of hydrogen-bond acceptors (Lipinski definition) is 3. The molecule has 0 aromatic heterocycles. The predicted molar refractivity (Wildman–Crippen MR) is 110 cm³/mol. The molecule has 0 radical (unpaired) electrons. The molecule has 1 aliphatic carbocycles. The molecule has 3 atom stereocenters. The monoisotopic (exact) mass is 380 g/mol. The molecule has 2 aromatic rings. The molecule has 28 heavy (non-hydrogen) atoms. The van der Waals surface area contributed by atoms with Crippen molar-refractivity contribution in [3.8, 4) is 5.75 Å². The molecule has 1 saturated carbocycles. The molecule has 2 aliphatic rings. The van der Waals surface area contributed by atoms with Crippen LogP contribution in [0.2, 0.25) is 0 Å². The minimum absolute atomic E-state index is 0.0993. The molecule has 1 unspecified atom stereocenters. The number of nitrogens with zero attached hydrogens (tertiary/aromatic N) is 1. The third kappa shape index (κ3) is 3.35. The predicted octanol–water partition coefficient (Wildman–Crippen LogP) is 4.07. The maximum Gasteiger partial charge on any atom is 0.321 e. The van der Waals surface area contributed by atoms with Gasteiger partial charge in [-0.3, -0.25) is 0 Å². The molecule has 4 rings (SSSR count). The lowest BCUT2D eigenvalue weighted by Crippen LogP contribution is -2.35. The van der Waals surface area contributed by atoms with Crippen molar-refractivity contribution in [1.82, 2.24) is 4.90 Å². The lowest BCUT2D eigenvalue weighted by molar-refractivity contribution is 0.0322. The quantitative estimate of drug-likeness (QED) is 0.844. The molecule has 1 heterocycles. The van der Waals surface area contributed by atoms with Crippen molar-refractivity contribution in [2.45, 2.75) is 32.3 Å².